The zero-order chi connectivity index (χ0) is 20.9. The van der Waals surface area contributed by atoms with E-state index < -0.39 is 21.5 Å². The molecule has 0 bridgehead atoms. The number of hydroxylamine groups is 1. The molecule has 0 spiro atoms. The molecule has 2 aromatic rings. The standard InChI is InChI=1S/C20H23BrN2O5S/c21-15-4-6-16(7-5-15)28-17-8-10-18(11-9-17)29(26,27)23-20(14-19(24)22-25)12-2-1-3-13-20/h4-11,23,25H,1-3,12-14H2,(H,22,24). The molecule has 1 saturated carbocycles. The molecule has 1 aliphatic carbocycles. The molecule has 9 heteroatoms. The summed E-state index contributed by atoms with van der Waals surface area (Å²) in [6.45, 7) is 0. The molecular formula is C20H23BrN2O5S. The molecule has 0 heterocycles. The van der Waals surface area contributed by atoms with E-state index in [1.54, 1.807) is 29.7 Å². The molecule has 2 aromatic carbocycles. The molecule has 3 N–H and O–H groups in total. The van der Waals surface area contributed by atoms with E-state index in [0.717, 1.165) is 23.7 Å². The molecular weight excluding hydrogens is 460 g/mol. The van der Waals surface area contributed by atoms with Crippen molar-refractivity contribution in [2.45, 2.75) is 49.0 Å². The summed E-state index contributed by atoms with van der Waals surface area (Å²) in [6.07, 6.45) is 3.62. The fourth-order valence-corrected chi connectivity index (χ4v) is 5.28. The molecule has 156 valence electrons. The van der Waals surface area contributed by atoms with Crippen LogP contribution >= 0.6 is 15.9 Å². The molecule has 0 saturated heterocycles. The van der Waals surface area contributed by atoms with Gasteiger partial charge in [0.2, 0.25) is 15.9 Å². The van der Waals surface area contributed by atoms with Gasteiger partial charge in [0.05, 0.1) is 4.90 Å². The maximum absolute atomic E-state index is 12.9. The number of halogens is 1. The number of amides is 1. The van der Waals surface area contributed by atoms with E-state index in [-0.39, 0.29) is 11.3 Å². The summed E-state index contributed by atoms with van der Waals surface area (Å²) in [6, 6.07) is 13.4. The van der Waals surface area contributed by atoms with Crippen molar-refractivity contribution in [2.24, 2.45) is 0 Å². The lowest BCUT2D eigenvalue weighted by Gasteiger charge is -2.37. The van der Waals surface area contributed by atoms with Gasteiger partial charge in [-0.3, -0.25) is 10.0 Å². The van der Waals surface area contributed by atoms with Crippen molar-refractivity contribution in [2.75, 3.05) is 0 Å². The first-order valence-corrected chi connectivity index (χ1v) is 11.6. The largest absolute Gasteiger partial charge is 0.457 e. The summed E-state index contributed by atoms with van der Waals surface area (Å²) in [4.78, 5) is 11.8. The van der Waals surface area contributed by atoms with Crippen LogP contribution in [0.3, 0.4) is 0 Å². The van der Waals surface area contributed by atoms with Crippen molar-refractivity contribution >= 4 is 31.9 Å². The van der Waals surface area contributed by atoms with Crippen LogP contribution in [0.25, 0.3) is 0 Å². The number of ether oxygens (including phenoxy) is 1. The van der Waals surface area contributed by atoms with Gasteiger partial charge in [0.15, 0.2) is 0 Å². The van der Waals surface area contributed by atoms with E-state index in [4.69, 9.17) is 9.94 Å². The third-order valence-electron chi connectivity index (χ3n) is 4.97. The number of hydrogen-bond donors (Lipinski definition) is 3. The number of sulfonamides is 1. The van der Waals surface area contributed by atoms with Crippen molar-refractivity contribution in [3.63, 3.8) is 0 Å². The number of hydrogen-bond acceptors (Lipinski definition) is 5. The Morgan fingerprint density at radius 2 is 1.55 bits per heavy atom. The molecule has 0 atom stereocenters. The highest BCUT2D eigenvalue weighted by Gasteiger charge is 2.38. The maximum atomic E-state index is 12.9. The second-order valence-corrected chi connectivity index (χ2v) is 9.78. The smallest absolute Gasteiger partial charge is 0.245 e. The van der Waals surface area contributed by atoms with E-state index >= 15 is 0 Å². The Morgan fingerprint density at radius 3 is 2.10 bits per heavy atom. The Labute approximate surface area is 178 Å². The molecule has 3 rings (SSSR count). The lowest BCUT2D eigenvalue weighted by Crippen LogP contribution is -2.52. The minimum absolute atomic E-state index is 0.0926. The first-order valence-electron chi connectivity index (χ1n) is 9.32. The monoisotopic (exact) mass is 482 g/mol. The molecule has 7 nitrogen and oxygen atoms in total. The number of benzene rings is 2. The summed E-state index contributed by atoms with van der Waals surface area (Å²) in [5.41, 5.74) is 0.711. The minimum atomic E-state index is -3.84. The predicted molar refractivity (Wildman–Crippen MR) is 111 cm³/mol. The van der Waals surface area contributed by atoms with Crippen LogP contribution in [0.5, 0.6) is 11.5 Å². The van der Waals surface area contributed by atoms with Gasteiger partial charge in [-0.05, 0) is 61.4 Å². The fourth-order valence-electron chi connectivity index (χ4n) is 3.56. The van der Waals surface area contributed by atoms with E-state index in [1.165, 1.54) is 12.1 Å². The second kappa shape index (κ2) is 9.25. The Bertz CT molecular complexity index is 940. The molecule has 0 radical (unpaired) electrons. The molecule has 1 aliphatic rings. The first-order chi connectivity index (χ1) is 13.8. The highest BCUT2D eigenvalue weighted by atomic mass is 79.9. The van der Waals surface area contributed by atoms with Gasteiger partial charge < -0.3 is 4.74 Å². The van der Waals surface area contributed by atoms with Crippen LogP contribution < -0.4 is 14.9 Å². The Morgan fingerprint density at radius 1 is 1.00 bits per heavy atom. The van der Waals surface area contributed by atoms with Gasteiger partial charge in [0, 0.05) is 16.4 Å². The highest BCUT2D eigenvalue weighted by molar-refractivity contribution is 9.10. The Balaban J connectivity index is 1.75. The summed E-state index contributed by atoms with van der Waals surface area (Å²) in [5.74, 6) is 0.546. The topological polar surface area (TPSA) is 105 Å². The molecule has 0 aliphatic heterocycles. The third kappa shape index (κ3) is 5.79. The van der Waals surface area contributed by atoms with Gasteiger partial charge in [-0.15, -0.1) is 0 Å². The molecule has 29 heavy (non-hydrogen) atoms. The number of rotatable bonds is 7. The number of nitrogens with one attached hydrogen (secondary N) is 2. The Hall–Kier alpha value is -1.94. The highest BCUT2D eigenvalue weighted by Crippen LogP contribution is 2.33. The molecule has 1 amide bonds. The lowest BCUT2D eigenvalue weighted by molar-refractivity contribution is -0.130. The van der Waals surface area contributed by atoms with Gasteiger partial charge in [-0.25, -0.2) is 18.6 Å². The van der Waals surface area contributed by atoms with Gasteiger partial charge in [0.1, 0.15) is 11.5 Å². The van der Waals surface area contributed by atoms with Gasteiger partial charge in [-0.1, -0.05) is 35.2 Å². The SMILES string of the molecule is O=C(CC1(NS(=O)(=O)c2ccc(Oc3ccc(Br)cc3)cc2)CCCCC1)NO. The maximum Gasteiger partial charge on any atom is 0.245 e. The van der Waals surface area contributed by atoms with Crippen LogP contribution in [0, 0.1) is 0 Å². The zero-order valence-corrected chi connectivity index (χ0v) is 18.1. The van der Waals surface area contributed by atoms with E-state index in [2.05, 4.69) is 20.7 Å². The van der Waals surface area contributed by atoms with E-state index in [1.807, 2.05) is 12.1 Å². The second-order valence-electron chi connectivity index (χ2n) is 7.19. The van der Waals surface area contributed by atoms with Crippen LogP contribution in [-0.4, -0.2) is 25.1 Å². The molecule has 1 fully saturated rings. The quantitative estimate of drug-likeness (QED) is 0.406. The predicted octanol–water partition coefficient (Wildman–Crippen LogP) is 4.12. The normalized spacial score (nSPS) is 16.2. The fraction of sp³-hybridized carbons (Fsp3) is 0.350. The van der Waals surface area contributed by atoms with Gasteiger partial charge >= 0.3 is 0 Å². The lowest BCUT2D eigenvalue weighted by atomic mass is 9.80. The van der Waals surface area contributed by atoms with Crippen LogP contribution in [0.2, 0.25) is 0 Å². The van der Waals surface area contributed by atoms with Crippen molar-refractivity contribution in [1.82, 2.24) is 10.2 Å². The Kier molecular flexibility index (Phi) is 6.94. The zero-order valence-electron chi connectivity index (χ0n) is 15.7. The number of carbonyl (C=O) groups excluding carboxylic acids is 1. The van der Waals surface area contributed by atoms with Crippen molar-refractivity contribution in [1.29, 1.82) is 0 Å². The van der Waals surface area contributed by atoms with Crippen molar-refractivity contribution in [3.05, 3.63) is 53.0 Å². The first kappa shape index (κ1) is 21.8. The van der Waals surface area contributed by atoms with Crippen molar-refractivity contribution < 1.29 is 23.2 Å². The average molecular weight is 483 g/mol. The summed E-state index contributed by atoms with van der Waals surface area (Å²) in [5, 5.41) is 8.87. The number of carbonyl (C=O) groups is 1. The summed E-state index contributed by atoms with van der Waals surface area (Å²) in [7, 11) is -3.84. The van der Waals surface area contributed by atoms with Crippen LogP contribution in [0.1, 0.15) is 38.5 Å². The average Bonchev–Trinajstić information content (AvgIpc) is 2.70. The van der Waals surface area contributed by atoms with E-state index in [9.17, 15) is 13.2 Å². The van der Waals surface area contributed by atoms with Crippen LogP contribution in [-0.2, 0) is 14.8 Å². The van der Waals surface area contributed by atoms with Gasteiger partial charge in [0.25, 0.3) is 0 Å². The van der Waals surface area contributed by atoms with Gasteiger partial charge in [-0.2, -0.15) is 0 Å². The van der Waals surface area contributed by atoms with Crippen LogP contribution in [0.4, 0.5) is 0 Å². The third-order valence-corrected chi connectivity index (χ3v) is 7.09. The molecule has 0 unspecified atom stereocenters. The van der Waals surface area contributed by atoms with Crippen molar-refractivity contribution in [3.8, 4) is 11.5 Å². The summed E-state index contributed by atoms with van der Waals surface area (Å²) < 4.78 is 35.2. The van der Waals surface area contributed by atoms with E-state index in [0.29, 0.717) is 24.3 Å². The molecule has 0 aromatic heterocycles. The van der Waals surface area contributed by atoms with Crippen LogP contribution in [0.15, 0.2) is 57.9 Å². The minimum Gasteiger partial charge on any atom is -0.457 e. The summed E-state index contributed by atoms with van der Waals surface area (Å²) >= 11 is 3.36.